The molecule has 0 aliphatic carbocycles. The molecule has 0 radical (unpaired) electrons. The Bertz CT molecular complexity index is 745. The van der Waals surface area contributed by atoms with Crippen LogP contribution in [0.4, 0.5) is 0 Å². The minimum absolute atomic E-state index is 0.108. The van der Waals surface area contributed by atoms with Crippen molar-refractivity contribution in [1.82, 2.24) is 15.6 Å². The number of hydrazone groups is 1. The highest BCUT2D eigenvalue weighted by molar-refractivity contribution is 5.93. The number of rotatable bonds is 5. The normalized spacial score (nSPS) is 11.5. The Morgan fingerprint density at radius 3 is 2.58 bits per heavy atom. The maximum atomic E-state index is 12.1. The smallest absolute Gasteiger partial charge is 0.291 e. The minimum atomic E-state index is -0.389. The van der Waals surface area contributed by atoms with Gasteiger partial charge < -0.3 is 9.47 Å². The number of aromatic amines is 1. The first-order valence-electron chi connectivity index (χ1n) is 7.46. The van der Waals surface area contributed by atoms with E-state index in [4.69, 9.17) is 9.47 Å². The number of aromatic nitrogens is 2. The van der Waals surface area contributed by atoms with Crippen LogP contribution in [0.25, 0.3) is 0 Å². The fourth-order valence-corrected chi connectivity index (χ4v) is 1.98. The molecule has 0 saturated carbocycles. The van der Waals surface area contributed by atoms with Gasteiger partial charge in [0.05, 0.1) is 20.4 Å². The molecule has 1 aromatic heterocycles. The third-order valence-electron chi connectivity index (χ3n) is 3.43. The summed E-state index contributed by atoms with van der Waals surface area (Å²) < 4.78 is 10.4. The number of benzene rings is 1. The number of nitrogens with zero attached hydrogens (tertiary/aromatic N) is 2. The van der Waals surface area contributed by atoms with E-state index in [1.807, 2.05) is 20.8 Å². The molecular weight excluding hydrogens is 308 g/mol. The van der Waals surface area contributed by atoms with Gasteiger partial charge in [0.15, 0.2) is 5.69 Å². The molecule has 24 heavy (non-hydrogen) atoms. The van der Waals surface area contributed by atoms with Gasteiger partial charge in [-0.15, -0.1) is 0 Å². The standard InChI is InChI=1S/C17H22N4O3/c1-17(2,3)15-9-13(19-20-15)16(22)21-18-10-11-8-12(23-4)6-7-14(11)24-5/h6-10H,1-5H3,(H,19,20)(H,21,22). The first-order valence-corrected chi connectivity index (χ1v) is 7.46. The van der Waals surface area contributed by atoms with Crippen molar-refractivity contribution in [3.05, 3.63) is 41.2 Å². The van der Waals surface area contributed by atoms with Crippen LogP contribution in [0.1, 0.15) is 42.5 Å². The lowest BCUT2D eigenvalue weighted by Gasteiger charge is -2.14. The predicted octanol–water partition coefficient (Wildman–Crippen LogP) is 2.49. The monoisotopic (exact) mass is 330 g/mol. The number of methoxy groups -OCH3 is 2. The molecule has 2 N–H and O–H groups in total. The molecule has 7 heteroatoms. The van der Waals surface area contributed by atoms with E-state index >= 15 is 0 Å². The fraction of sp³-hybridized carbons (Fsp3) is 0.353. The van der Waals surface area contributed by atoms with Crippen molar-refractivity contribution >= 4 is 12.1 Å². The maximum Gasteiger partial charge on any atom is 0.291 e. The maximum absolute atomic E-state index is 12.1. The molecular formula is C17H22N4O3. The quantitative estimate of drug-likeness (QED) is 0.651. The molecule has 0 spiro atoms. The Kier molecular flexibility index (Phi) is 5.23. The summed E-state index contributed by atoms with van der Waals surface area (Å²) in [6.07, 6.45) is 1.50. The Hall–Kier alpha value is -2.83. The lowest BCUT2D eigenvalue weighted by atomic mass is 9.92. The number of hydrogen-bond donors (Lipinski definition) is 2. The number of carbonyl (C=O) groups excluding carboxylic acids is 1. The first kappa shape index (κ1) is 17.5. The van der Waals surface area contributed by atoms with Crippen LogP contribution in [-0.4, -0.2) is 36.5 Å². The predicted molar refractivity (Wildman–Crippen MR) is 91.9 cm³/mol. The summed E-state index contributed by atoms with van der Waals surface area (Å²) in [4.78, 5) is 12.1. The summed E-state index contributed by atoms with van der Waals surface area (Å²) in [5.74, 6) is 0.911. The van der Waals surface area contributed by atoms with Crippen LogP contribution in [0.3, 0.4) is 0 Å². The molecule has 0 bridgehead atoms. The molecule has 0 unspecified atom stereocenters. The number of H-pyrrole nitrogens is 1. The average Bonchev–Trinajstić information content (AvgIpc) is 3.05. The zero-order chi connectivity index (χ0) is 17.7. The summed E-state index contributed by atoms with van der Waals surface area (Å²) in [6, 6.07) is 7.04. The molecule has 1 aromatic carbocycles. The van der Waals surface area contributed by atoms with Gasteiger partial charge in [-0.2, -0.15) is 10.2 Å². The second-order valence-electron chi connectivity index (χ2n) is 6.22. The van der Waals surface area contributed by atoms with Crippen LogP contribution in [0, 0.1) is 0 Å². The van der Waals surface area contributed by atoms with E-state index in [-0.39, 0.29) is 17.0 Å². The van der Waals surface area contributed by atoms with E-state index in [1.54, 1.807) is 38.5 Å². The van der Waals surface area contributed by atoms with Crippen LogP contribution in [0.2, 0.25) is 0 Å². The lowest BCUT2D eigenvalue weighted by Crippen LogP contribution is -2.18. The highest BCUT2D eigenvalue weighted by Crippen LogP contribution is 2.22. The average molecular weight is 330 g/mol. The van der Waals surface area contributed by atoms with Crippen LogP contribution < -0.4 is 14.9 Å². The van der Waals surface area contributed by atoms with Crippen molar-refractivity contribution in [3.8, 4) is 11.5 Å². The van der Waals surface area contributed by atoms with Crippen molar-refractivity contribution in [3.63, 3.8) is 0 Å². The summed E-state index contributed by atoms with van der Waals surface area (Å²) in [5, 5.41) is 10.8. The van der Waals surface area contributed by atoms with Crippen molar-refractivity contribution in [2.75, 3.05) is 14.2 Å². The Morgan fingerprint density at radius 1 is 1.25 bits per heavy atom. The van der Waals surface area contributed by atoms with Gasteiger partial charge in [-0.3, -0.25) is 9.89 Å². The summed E-state index contributed by atoms with van der Waals surface area (Å²) in [5.41, 5.74) is 4.20. The third kappa shape index (κ3) is 4.13. The van der Waals surface area contributed by atoms with Gasteiger partial charge in [0.1, 0.15) is 11.5 Å². The van der Waals surface area contributed by atoms with Crippen LogP contribution in [-0.2, 0) is 5.41 Å². The molecule has 0 aliphatic rings. The molecule has 2 aromatic rings. The highest BCUT2D eigenvalue weighted by atomic mass is 16.5. The molecule has 0 fully saturated rings. The molecule has 2 rings (SSSR count). The van der Waals surface area contributed by atoms with Crippen LogP contribution >= 0.6 is 0 Å². The second kappa shape index (κ2) is 7.16. The lowest BCUT2D eigenvalue weighted by molar-refractivity contribution is 0.0950. The third-order valence-corrected chi connectivity index (χ3v) is 3.43. The number of carbonyl (C=O) groups is 1. The summed E-state index contributed by atoms with van der Waals surface area (Å²) in [6.45, 7) is 6.11. The van der Waals surface area contributed by atoms with Gasteiger partial charge in [-0.1, -0.05) is 20.8 Å². The Labute approximate surface area is 141 Å². The molecule has 0 atom stereocenters. The van der Waals surface area contributed by atoms with Gasteiger partial charge in [0.2, 0.25) is 0 Å². The largest absolute Gasteiger partial charge is 0.497 e. The van der Waals surface area contributed by atoms with Crippen molar-refractivity contribution < 1.29 is 14.3 Å². The van der Waals surface area contributed by atoms with Gasteiger partial charge in [0.25, 0.3) is 5.91 Å². The van der Waals surface area contributed by atoms with Crippen LogP contribution in [0.15, 0.2) is 29.4 Å². The molecule has 1 amide bonds. The van der Waals surface area contributed by atoms with E-state index in [0.717, 1.165) is 5.69 Å². The second-order valence-corrected chi connectivity index (χ2v) is 6.22. The molecule has 7 nitrogen and oxygen atoms in total. The van der Waals surface area contributed by atoms with E-state index in [9.17, 15) is 4.79 Å². The topological polar surface area (TPSA) is 88.6 Å². The van der Waals surface area contributed by atoms with Crippen molar-refractivity contribution in [1.29, 1.82) is 0 Å². The molecule has 0 saturated heterocycles. The van der Waals surface area contributed by atoms with Gasteiger partial charge in [-0.05, 0) is 24.3 Å². The zero-order valence-corrected chi connectivity index (χ0v) is 14.5. The van der Waals surface area contributed by atoms with Gasteiger partial charge in [-0.25, -0.2) is 5.43 Å². The Balaban J connectivity index is 2.08. The fourth-order valence-electron chi connectivity index (χ4n) is 1.98. The molecule has 0 aliphatic heterocycles. The number of hydrogen-bond acceptors (Lipinski definition) is 5. The van der Waals surface area contributed by atoms with E-state index in [0.29, 0.717) is 17.1 Å². The Morgan fingerprint density at radius 2 is 2.00 bits per heavy atom. The number of amides is 1. The van der Waals surface area contributed by atoms with Gasteiger partial charge >= 0.3 is 0 Å². The van der Waals surface area contributed by atoms with E-state index in [1.165, 1.54) is 6.21 Å². The molecule has 1 heterocycles. The summed E-state index contributed by atoms with van der Waals surface area (Å²) >= 11 is 0. The SMILES string of the molecule is COc1ccc(OC)c(C=NNC(=O)c2cc(C(C)(C)C)[nH]n2)c1. The first-order chi connectivity index (χ1) is 11.3. The van der Waals surface area contributed by atoms with E-state index in [2.05, 4.69) is 20.7 Å². The van der Waals surface area contributed by atoms with Crippen LogP contribution in [0.5, 0.6) is 11.5 Å². The number of ether oxygens (including phenoxy) is 2. The molecule has 128 valence electrons. The number of nitrogens with one attached hydrogen (secondary N) is 2. The van der Waals surface area contributed by atoms with E-state index < -0.39 is 0 Å². The van der Waals surface area contributed by atoms with Crippen molar-refractivity contribution in [2.45, 2.75) is 26.2 Å². The van der Waals surface area contributed by atoms with Gasteiger partial charge in [0, 0.05) is 16.7 Å². The van der Waals surface area contributed by atoms with Crippen molar-refractivity contribution in [2.24, 2.45) is 5.10 Å². The summed E-state index contributed by atoms with van der Waals surface area (Å²) in [7, 11) is 3.14. The highest BCUT2D eigenvalue weighted by Gasteiger charge is 2.19. The minimum Gasteiger partial charge on any atom is -0.497 e. The zero-order valence-electron chi connectivity index (χ0n) is 14.5.